The summed E-state index contributed by atoms with van der Waals surface area (Å²) in [6, 6.07) is 4.88. The van der Waals surface area contributed by atoms with Gasteiger partial charge >= 0.3 is 0 Å². The Balaban J connectivity index is 2.08. The molecule has 1 aromatic rings. The molecule has 1 atom stereocenters. The third-order valence-corrected chi connectivity index (χ3v) is 3.82. The van der Waals surface area contributed by atoms with Crippen LogP contribution in [-0.4, -0.2) is 23.2 Å². The van der Waals surface area contributed by atoms with Crippen molar-refractivity contribution in [1.29, 1.82) is 0 Å². The lowest BCUT2D eigenvalue weighted by Crippen LogP contribution is -2.25. The number of likely N-dealkylation sites (tertiary alicyclic amines) is 1. The van der Waals surface area contributed by atoms with Gasteiger partial charge in [-0.05, 0) is 18.1 Å². The number of amides is 1. The minimum atomic E-state index is -0.290. The average Bonchev–Trinajstić information content (AvgIpc) is 2.64. The molecule has 5 heteroatoms. The first-order valence-electron chi connectivity index (χ1n) is 5.38. The second-order valence-corrected chi connectivity index (χ2v) is 5.46. The smallest absolute Gasteiger partial charge is 0.223 e. The van der Waals surface area contributed by atoms with Crippen LogP contribution in [0.2, 0.25) is 0 Å². The number of halogens is 3. The quantitative estimate of drug-likeness (QED) is 0.783. The molecule has 0 spiro atoms. The van der Waals surface area contributed by atoms with Crippen LogP contribution in [0.1, 0.15) is 12.0 Å². The second kappa shape index (κ2) is 5.36. The maximum Gasteiger partial charge on any atom is 0.223 e. The number of carbonyl (C=O) groups excluding carboxylic acids is 1. The van der Waals surface area contributed by atoms with Crippen molar-refractivity contribution >= 4 is 33.4 Å². The summed E-state index contributed by atoms with van der Waals surface area (Å²) in [7, 11) is 0. The molecule has 2 nitrogen and oxygen atoms in total. The van der Waals surface area contributed by atoms with Crippen molar-refractivity contribution < 1.29 is 9.18 Å². The molecule has 0 saturated carbocycles. The fourth-order valence-electron chi connectivity index (χ4n) is 1.97. The SMILES string of the molecule is O=C1CC(CCl)CN1Cc1ccc(Br)cc1F. The number of hydrogen-bond acceptors (Lipinski definition) is 1. The van der Waals surface area contributed by atoms with E-state index in [0.29, 0.717) is 35.4 Å². The van der Waals surface area contributed by atoms with E-state index in [4.69, 9.17) is 11.6 Å². The van der Waals surface area contributed by atoms with Gasteiger partial charge in [0, 0.05) is 35.4 Å². The highest BCUT2D eigenvalue weighted by atomic mass is 79.9. The van der Waals surface area contributed by atoms with Crippen molar-refractivity contribution in [2.45, 2.75) is 13.0 Å². The van der Waals surface area contributed by atoms with Gasteiger partial charge in [0.15, 0.2) is 0 Å². The largest absolute Gasteiger partial charge is 0.338 e. The van der Waals surface area contributed by atoms with Gasteiger partial charge in [0.25, 0.3) is 0 Å². The summed E-state index contributed by atoms with van der Waals surface area (Å²) in [4.78, 5) is 13.3. The molecule has 0 bridgehead atoms. The maximum atomic E-state index is 13.6. The molecule has 1 aliphatic heterocycles. The third kappa shape index (κ3) is 2.99. The van der Waals surface area contributed by atoms with Crippen LogP contribution in [0, 0.1) is 11.7 Å². The van der Waals surface area contributed by atoms with Crippen molar-refractivity contribution in [3.63, 3.8) is 0 Å². The zero-order valence-corrected chi connectivity index (χ0v) is 11.5. The summed E-state index contributed by atoms with van der Waals surface area (Å²) in [6.07, 6.45) is 0.474. The number of hydrogen-bond donors (Lipinski definition) is 0. The fourth-order valence-corrected chi connectivity index (χ4v) is 2.51. The highest BCUT2D eigenvalue weighted by Crippen LogP contribution is 2.23. The Morgan fingerprint density at radius 2 is 2.29 bits per heavy atom. The lowest BCUT2D eigenvalue weighted by molar-refractivity contribution is -0.128. The van der Waals surface area contributed by atoms with Crippen LogP contribution < -0.4 is 0 Å². The number of rotatable bonds is 3. The molecule has 2 rings (SSSR count). The Bertz CT molecular complexity index is 441. The van der Waals surface area contributed by atoms with E-state index >= 15 is 0 Å². The van der Waals surface area contributed by atoms with Crippen LogP contribution in [0.15, 0.2) is 22.7 Å². The summed E-state index contributed by atoms with van der Waals surface area (Å²) in [5.41, 5.74) is 0.539. The van der Waals surface area contributed by atoms with Crippen LogP contribution in [-0.2, 0) is 11.3 Å². The molecule has 0 radical (unpaired) electrons. The van der Waals surface area contributed by atoms with E-state index in [-0.39, 0.29) is 17.6 Å². The third-order valence-electron chi connectivity index (χ3n) is 2.89. The Kier molecular flexibility index (Phi) is 4.05. The van der Waals surface area contributed by atoms with Crippen molar-refractivity contribution in [3.05, 3.63) is 34.1 Å². The van der Waals surface area contributed by atoms with Crippen molar-refractivity contribution in [1.82, 2.24) is 4.90 Å². The van der Waals surface area contributed by atoms with Crippen LogP contribution in [0.3, 0.4) is 0 Å². The average molecular weight is 321 g/mol. The minimum Gasteiger partial charge on any atom is -0.338 e. The first-order chi connectivity index (χ1) is 8.10. The normalized spacial score (nSPS) is 20.1. The first kappa shape index (κ1) is 12.8. The van der Waals surface area contributed by atoms with Crippen molar-refractivity contribution in [2.24, 2.45) is 5.92 Å². The van der Waals surface area contributed by atoms with Crippen LogP contribution in [0.4, 0.5) is 4.39 Å². The summed E-state index contributed by atoms with van der Waals surface area (Å²) >= 11 is 8.94. The summed E-state index contributed by atoms with van der Waals surface area (Å²) in [5.74, 6) is 0.438. The van der Waals surface area contributed by atoms with Gasteiger partial charge in [0.05, 0.1) is 0 Å². The van der Waals surface area contributed by atoms with Gasteiger partial charge in [0.2, 0.25) is 5.91 Å². The Hall–Kier alpha value is -0.610. The predicted molar refractivity (Wildman–Crippen MR) is 68.3 cm³/mol. The molecular formula is C12H12BrClFNO. The molecule has 1 heterocycles. The van der Waals surface area contributed by atoms with Gasteiger partial charge < -0.3 is 4.90 Å². The molecule has 1 saturated heterocycles. The summed E-state index contributed by atoms with van der Waals surface area (Å²) < 4.78 is 14.3. The van der Waals surface area contributed by atoms with E-state index in [1.807, 2.05) is 0 Å². The van der Waals surface area contributed by atoms with Gasteiger partial charge in [-0.2, -0.15) is 0 Å². The molecule has 0 aliphatic carbocycles. The number of carbonyl (C=O) groups is 1. The molecule has 0 aromatic heterocycles. The van der Waals surface area contributed by atoms with E-state index in [2.05, 4.69) is 15.9 Å². The summed E-state index contributed by atoms with van der Waals surface area (Å²) in [6.45, 7) is 0.948. The van der Waals surface area contributed by atoms with E-state index in [1.165, 1.54) is 6.07 Å². The van der Waals surface area contributed by atoms with Gasteiger partial charge in [0.1, 0.15) is 5.82 Å². The fraction of sp³-hybridized carbons (Fsp3) is 0.417. The molecule has 1 aliphatic rings. The van der Waals surface area contributed by atoms with Gasteiger partial charge in [-0.1, -0.05) is 22.0 Å². The highest BCUT2D eigenvalue weighted by molar-refractivity contribution is 9.10. The van der Waals surface area contributed by atoms with Gasteiger partial charge in [-0.15, -0.1) is 11.6 Å². The first-order valence-corrected chi connectivity index (χ1v) is 6.70. The van der Waals surface area contributed by atoms with Crippen molar-refractivity contribution in [3.8, 4) is 0 Å². The Labute approximate surface area is 113 Å². The van der Waals surface area contributed by atoms with Gasteiger partial charge in [-0.3, -0.25) is 4.79 Å². The second-order valence-electron chi connectivity index (χ2n) is 4.23. The zero-order chi connectivity index (χ0) is 12.4. The molecule has 1 fully saturated rings. The van der Waals surface area contributed by atoms with Crippen LogP contribution in [0.5, 0.6) is 0 Å². The molecule has 1 aromatic carbocycles. The van der Waals surface area contributed by atoms with E-state index in [9.17, 15) is 9.18 Å². The lowest BCUT2D eigenvalue weighted by atomic mass is 10.1. The van der Waals surface area contributed by atoms with Crippen LogP contribution >= 0.6 is 27.5 Å². The Morgan fingerprint density at radius 1 is 1.53 bits per heavy atom. The molecule has 17 heavy (non-hydrogen) atoms. The molecule has 1 amide bonds. The molecule has 0 N–H and O–H groups in total. The molecule has 1 unspecified atom stereocenters. The maximum absolute atomic E-state index is 13.6. The molecule has 92 valence electrons. The number of benzene rings is 1. The number of nitrogens with zero attached hydrogens (tertiary/aromatic N) is 1. The van der Waals surface area contributed by atoms with E-state index in [1.54, 1.807) is 17.0 Å². The molecular weight excluding hydrogens is 308 g/mol. The van der Waals surface area contributed by atoms with E-state index in [0.717, 1.165) is 0 Å². The predicted octanol–water partition coefficient (Wildman–Crippen LogP) is 3.18. The van der Waals surface area contributed by atoms with Gasteiger partial charge in [-0.25, -0.2) is 4.39 Å². The lowest BCUT2D eigenvalue weighted by Gasteiger charge is -2.16. The van der Waals surface area contributed by atoms with Crippen molar-refractivity contribution in [2.75, 3.05) is 12.4 Å². The topological polar surface area (TPSA) is 20.3 Å². The highest BCUT2D eigenvalue weighted by Gasteiger charge is 2.29. The van der Waals surface area contributed by atoms with E-state index < -0.39 is 0 Å². The number of alkyl halides is 1. The summed E-state index contributed by atoms with van der Waals surface area (Å²) in [5, 5.41) is 0. The monoisotopic (exact) mass is 319 g/mol. The van der Waals surface area contributed by atoms with Crippen LogP contribution in [0.25, 0.3) is 0 Å². The zero-order valence-electron chi connectivity index (χ0n) is 9.13. The standard InChI is InChI=1S/C12H12BrClFNO/c13-10-2-1-9(11(15)4-10)7-16-6-8(5-14)3-12(16)17/h1-2,4,8H,3,5-7H2. The Morgan fingerprint density at radius 3 is 2.88 bits per heavy atom. The minimum absolute atomic E-state index is 0.0537.